The molecule has 0 unspecified atom stereocenters. The lowest BCUT2D eigenvalue weighted by Gasteiger charge is -2.27. The second-order valence-electron chi connectivity index (χ2n) is 7.05. The van der Waals surface area contributed by atoms with Crippen LogP contribution in [0.15, 0.2) is 60.7 Å². The number of benzene rings is 2. The van der Waals surface area contributed by atoms with Crippen LogP contribution < -0.4 is 15.0 Å². The van der Waals surface area contributed by atoms with Crippen LogP contribution in [-0.4, -0.2) is 30.2 Å². The van der Waals surface area contributed by atoms with Gasteiger partial charge in [0, 0.05) is 31.3 Å². The van der Waals surface area contributed by atoms with E-state index in [1.54, 1.807) is 7.11 Å². The van der Waals surface area contributed by atoms with Crippen molar-refractivity contribution in [2.75, 3.05) is 30.4 Å². The Morgan fingerprint density at radius 2 is 1.68 bits per heavy atom. The van der Waals surface area contributed by atoms with E-state index in [1.807, 2.05) is 36.4 Å². The first-order valence-electron chi connectivity index (χ1n) is 9.88. The summed E-state index contributed by atoms with van der Waals surface area (Å²) in [6, 6.07) is 20.4. The highest BCUT2D eigenvalue weighted by atomic mass is 16.5. The van der Waals surface area contributed by atoms with Crippen LogP contribution in [0.1, 0.15) is 24.8 Å². The van der Waals surface area contributed by atoms with E-state index in [9.17, 15) is 0 Å². The Morgan fingerprint density at radius 1 is 0.929 bits per heavy atom. The molecule has 0 bridgehead atoms. The normalized spacial score (nSPS) is 14.0. The van der Waals surface area contributed by atoms with Gasteiger partial charge in [0.15, 0.2) is 0 Å². The summed E-state index contributed by atoms with van der Waals surface area (Å²) in [4.78, 5) is 12.0. The molecule has 144 valence electrons. The van der Waals surface area contributed by atoms with Crippen molar-refractivity contribution in [1.29, 1.82) is 0 Å². The summed E-state index contributed by atoms with van der Waals surface area (Å²) in [5.41, 5.74) is 3.24. The predicted octanol–water partition coefficient (Wildman–Crippen LogP) is 4.75. The van der Waals surface area contributed by atoms with Crippen molar-refractivity contribution in [3.8, 4) is 17.0 Å². The molecule has 0 spiro atoms. The lowest BCUT2D eigenvalue weighted by molar-refractivity contribution is 0.414. The number of nitrogens with zero attached hydrogens (tertiary/aromatic N) is 3. The molecule has 1 fully saturated rings. The number of nitrogens with one attached hydrogen (secondary N) is 1. The molecule has 28 heavy (non-hydrogen) atoms. The SMILES string of the molecule is COc1ccc(CNc2cc(-c3ccccc3)nc(N3CCCCC3)n2)cc1. The van der Waals surface area contributed by atoms with E-state index in [-0.39, 0.29) is 0 Å². The van der Waals surface area contributed by atoms with E-state index in [2.05, 4.69) is 34.5 Å². The van der Waals surface area contributed by atoms with Gasteiger partial charge in [-0.1, -0.05) is 42.5 Å². The molecule has 1 aliphatic heterocycles. The summed E-state index contributed by atoms with van der Waals surface area (Å²) in [5, 5.41) is 3.47. The molecule has 5 nitrogen and oxygen atoms in total. The first kappa shape index (κ1) is 18.3. The molecule has 1 aliphatic rings. The summed E-state index contributed by atoms with van der Waals surface area (Å²) in [6.45, 7) is 2.75. The maximum absolute atomic E-state index is 5.23. The smallest absolute Gasteiger partial charge is 0.227 e. The van der Waals surface area contributed by atoms with Gasteiger partial charge in [-0.15, -0.1) is 0 Å². The first-order chi connectivity index (χ1) is 13.8. The molecule has 5 heteroatoms. The molecule has 0 radical (unpaired) electrons. The Bertz CT molecular complexity index is 890. The van der Waals surface area contributed by atoms with E-state index >= 15 is 0 Å². The Kier molecular flexibility index (Phi) is 5.71. The van der Waals surface area contributed by atoms with Gasteiger partial charge in [-0.05, 0) is 37.0 Å². The lowest BCUT2D eigenvalue weighted by Crippen LogP contribution is -2.31. The number of hydrogen-bond donors (Lipinski definition) is 1. The van der Waals surface area contributed by atoms with Crippen LogP contribution in [0.4, 0.5) is 11.8 Å². The molecule has 2 aromatic carbocycles. The van der Waals surface area contributed by atoms with Crippen molar-refractivity contribution in [2.45, 2.75) is 25.8 Å². The van der Waals surface area contributed by atoms with Crippen LogP contribution in [0.25, 0.3) is 11.3 Å². The third kappa shape index (κ3) is 4.42. The maximum atomic E-state index is 5.23. The molecule has 1 N–H and O–H groups in total. The van der Waals surface area contributed by atoms with Crippen LogP contribution >= 0.6 is 0 Å². The summed E-state index contributed by atoms with van der Waals surface area (Å²) < 4.78 is 5.23. The molecule has 0 aliphatic carbocycles. The van der Waals surface area contributed by atoms with Crippen molar-refractivity contribution >= 4 is 11.8 Å². The van der Waals surface area contributed by atoms with Crippen molar-refractivity contribution in [3.63, 3.8) is 0 Å². The number of rotatable bonds is 6. The number of ether oxygens (including phenoxy) is 1. The molecule has 4 rings (SSSR count). The second kappa shape index (κ2) is 8.74. The second-order valence-corrected chi connectivity index (χ2v) is 7.05. The fourth-order valence-corrected chi connectivity index (χ4v) is 3.45. The average molecular weight is 374 g/mol. The number of aromatic nitrogens is 2. The minimum atomic E-state index is 0.703. The van der Waals surface area contributed by atoms with Gasteiger partial charge in [-0.25, -0.2) is 4.98 Å². The number of hydrogen-bond acceptors (Lipinski definition) is 5. The van der Waals surface area contributed by atoms with Gasteiger partial charge in [-0.2, -0.15) is 4.98 Å². The highest BCUT2D eigenvalue weighted by Gasteiger charge is 2.16. The van der Waals surface area contributed by atoms with Crippen LogP contribution in [0.5, 0.6) is 5.75 Å². The third-order valence-electron chi connectivity index (χ3n) is 5.06. The zero-order valence-electron chi connectivity index (χ0n) is 16.3. The quantitative estimate of drug-likeness (QED) is 0.674. The van der Waals surface area contributed by atoms with Gasteiger partial charge >= 0.3 is 0 Å². The molecule has 0 atom stereocenters. The summed E-state index contributed by atoms with van der Waals surface area (Å²) in [5.74, 6) is 2.54. The largest absolute Gasteiger partial charge is 0.497 e. The molecule has 2 heterocycles. The summed E-state index contributed by atoms with van der Waals surface area (Å²) in [6.07, 6.45) is 3.69. The van der Waals surface area contributed by atoms with Crippen LogP contribution in [0, 0.1) is 0 Å². The molecular formula is C23H26N4O. The number of anilines is 2. The van der Waals surface area contributed by atoms with Gasteiger partial charge in [0.25, 0.3) is 0 Å². The Balaban J connectivity index is 1.59. The minimum absolute atomic E-state index is 0.703. The topological polar surface area (TPSA) is 50.3 Å². The summed E-state index contributed by atoms with van der Waals surface area (Å²) in [7, 11) is 1.68. The molecule has 3 aromatic rings. The van der Waals surface area contributed by atoms with Gasteiger partial charge < -0.3 is 15.0 Å². The van der Waals surface area contributed by atoms with Crippen LogP contribution in [0.2, 0.25) is 0 Å². The number of methoxy groups -OCH3 is 1. The van der Waals surface area contributed by atoms with E-state index in [4.69, 9.17) is 14.7 Å². The standard InChI is InChI=1S/C23H26N4O/c1-28-20-12-10-18(11-13-20)17-24-22-16-21(19-8-4-2-5-9-19)25-23(26-22)27-14-6-3-7-15-27/h2,4-5,8-13,16H,3,6-7,14-15,17H2,1H3,(H,24,25,26). The minimum Gasteiger partial charge on any atom is -0.497 e. The molecule has 1 aromatic heterocycles. The van der Waals surface area contributed by atoms with Gasteiger partial charge in [0.1, 0.15) is 11.6 Å². The average Bonchev–Trinajstić information content (AvgIpc) is 2.79. The fraction of sp³-hybridized carbons (Fsp3) is 0.304. The molecule has 0 saturated carbocycles. The molecule has 1 saturated heterocycles. The lowest BCUT2D eigenvalue weighted by atomic mass is 10.1. The maximum Gasteiger partial charge on any atom is 0.227 e. The Hall–Kier alpha value is -3.08. The van der Waals surface area contributed by atoms with Crippen molar-refractivity contribution in [2.24, 2.45) is 0 Å². The Morgan fingerprint density at radius 3 is 2.39 bits per heavy atom. The zero-order valence-corrected chi connectivity index (χ0v) is 16.3. The third-order valence-corrected chi connectivity index (χ3v) is 5.06. The highest BCUT2D eigenvalue weighted by molar-refractivity contribution is 5.64. The highest BCUT2D eigenvalue weighted by Crippen LogP contribution is 2.25. The van der Waals surface area contributed by atoms with Gasteiger partial charge in [0.05, 0.1) is 12.8 Å². The van der Waals surface area contributed by atoms with Crippen molar-refractivity contribution < 1.29 is 4.74 Å². The monoisotopic (exact) mass is 374 g/mol. The van der Waals surface area contributed by atoms with E-state index in [0.717, 1.165) is 41.9 Å². The van der Waals surface area contributed by atoms with Crippen LogP contribution in [-0.2, 0) is 6.54 Å². The molecule has 0 amide bonds. The van der Waals surface area contributed by atoms with Crippen LogP contribution in [0.3, 0.4) is 0 Å². The van der Waals surface area contributed by atoms with Gasteiger partial charge in [-0.3, -0.25) is 0 Å². The Labute approximate surface area is 166 Å². The van der Waals surface area contributed by atoms with Crippen molar-refractivity contribution in [1.82, 2.24) is 9.97 Å². The molecular weight excluding hydrogens is 348 g/mol. The van der Waals surface area contributed by atoms with E-state index in [1.165, 1.54) is 24.8 Å². The van der Waals surface area contributed by atoms with E-state index in [0.29, 0.717) is 6.54 Å². The fourth-order valence-electron chi connectivity index (χ4n) is 3.45. The predicted molar refractivity (Wildman–Crippen MR) is 114 cm³/mol. The van der Waals surface area contributed by atoms with E-state index < -0.39 is 0 Å². The first-order valence-corrected chi connectivity index (χ1v) is 9.88. The summed E-state index contributed by atoms with van der Waals surface area (Å²) >= 11 is 0. The van der Waals surface area contributed by atoms with Crippen molar-refractivity contribution in [3.05, 3.63) is 66.2 Å². The zero-order chi connectivity index (χ0) is 19.2. The van der Waals surface area contributed by atoms with Gasteiger partial charge in [0.2, 0.25) is 5.95 Å². The number of piperidine rings is 1.